The molecule has 1 aromatic heterocycles. The van der Waals surface area contributed by atoms with Crippen molar-refractivity contribution in [2.75, 3.05) is 20.2 Å². The number of aromatic nitrogens is 1. The van der Waals surface area contributed by atoms with Crippen LogP contribution in [-0.2, 0) is 26.2 Å². The van der Waals surface area contributed by atoms with Crippen LogP contribution in [0.15, 0.2) is 53.4 Å². The minimum Gasteiger partial charge on any atom is -0.489 e. The number of nitrogens with zero attached hydrogens (tertiary/aromatic N) is 1. The molecule has 2 aromatic carbocycles. The Morgan fingerprint density at radius 2 is 1.88 bits per heavy atom. The fourth-order valence-corrected chi connectivity index (χ4v) is 5.10. The van der Waals surface area contributed by atoms with E-state index in [1.54, 1.807) is 12.1 Å². The van der Waals surface area contributed by atoms with Crippen LogP contribution in [-0.4, -0.2) is 45.1 Å². The molecule has 0 amide bonds. The average molecular weight is 456 g/mol. The number of hydrogen-bond donors (Lipinski definition) is 2. The van der Waals surface area contributed by atoms with Gasteiger partial charge >= 0.3 is 5.97 Å². The van der Waals surface area contributed by atoms with E-state index in [2.05, 4.69) is 15.0 Å². The zero-order chi connectivity index (χ0) is 22.9. The second-order valence-corrected chi connectivity index (χ2v) is 9.62. The quantitative estimate of drug-likeness (QED) is 0.526. The van der Waals surface area contributed by atoms with Gasteiger partial charge in [-0.05, 0) is 49.7 Å². The van der Waals surface area contributed by atoms with E-state index in [9.17, 15) is 13.2 Å². The predicted molar refractivity (Wildman–Crippen MR) is 120 cm³/mol. The van der Waals surface area contributed by atoms with Gasteiger partial charge in [-0.3, -0.25) is 4.98 Å². The first-order valence-electron chi connectivity index (χ1n) is 10.2. The minimum absolute atomic E-state index is 0.0425. The van der Waals surface area contributed by atoms with Crippen LogP contribution in [0.5, 0.6) is 5.75 Å². The number of aryl methyl sites for hydroxylation is 2. The van der Waals surface area contributed by atoms with E-state index >= 15 is 0 Å². The molecule has 32 heavy (non-hydrogen) atoms. The molecular weight excluding hydrogens is 430 g/mol. The molecule has 0 spiro atoms. The van der Waals surface area contributed by atoms with Crippen molar-refractivity contribution in [3.05, 3.63) is 65.4 Å². The highest BCUT2D eigenvalue weighted by Gasteiger charge is 2.48. The lowest BCUT2D eigenvalue weighted by Gasteiger charge is -2.39. The van der Waals surface area contributed by atoms with Gasteiger partial charge in [0.05, 0.1) is 17.5 Å². The molecule has 0 radical (unpaired) electrons. The second-order valence-electron chi connectivity index (χ2n) is 7.94. The molecule has 0 unspecified atom stereocenters. The molecular formula is C23H25N3O5S. The van der Waals surface area contributed by atoms with Gasteiger partial charge in [-0.2, -0.15) is 4.72 Å². The molecule has 8 nitrogen and oxygen atoms in total. The van der Waals surface area contributed by atoms with E-state index in [1.165, 1.54) is 19.2 Å². The fraction of sp³-hybridized carbons (Fsp3) is 0.304. The summed E-state index contributed by atoms with van der Waals surface area (Å²) in [5, 5.41) is 3.93. The molecule has 2 N–H and O–H groups in total. The number of pyridine rings is 1. The van der Waals surface area contributed by atoms with Crippen LogP contribution >= 0.6 is 0 Å². The van der Waals surface area contributed by atoms with Gasteiger partial charge in [-0.1, -0.05) is 18.2 Å². The number of sulfonamides is 1. The van der Waals surface area contributed by atoms with E-state index < -0.39 is 21.5 Å². The Morgan fingerprint density at radius 1 is 1.16 bits per heavy atom. The Balaban J connectivity index is 1.50. The smallest absolute Gasteiger partial charge is 0.329 e. The number of carbonyl (C=O) groups excluding carboxylic acids is 1. The van der Waals surface area contributed by atoms with Gasteiger partial charge in [-0.15, -0.1) is 0 Å². The molecule has 1 saturated heterocycles. The van der Waals surface area contributed by atoms with Crippen molar-refractivity contribution in [2.45, 2.75) is 30.9 Å². The van der Waals surface area contributed by atoms with Gasteiger partial charge in [0.2, 0.25) is 10.0 Å². The summed E-state index contributed by atoms with van der Waals surface area (Å²) in [6, 6.07) is 14.1. The Bertz CT molecular complexity index is 1270. The monoisotopic (exact) mass is 455 g/mol. The third-order valence-electron chi connectivity index (χ3n) is 5.54. The number of ether oxygens (including phenoxy) is 2. The summed E-state index contributed by atoms with van der Waals surface area (Å²) in [6.45, 7) is 4.65. The largest absolute Gasteiger partial charge is 0.489 e. The highest BCUT2D eigenvalue weighted by molar-refractivity contribution is 7.89. The van der Waals surface area contributed by atoms with Crippen LogP contribution in [0.25, 0.3) is 10.9 Å². The lowest BCUT2D eigenvalue weighted by atomic mass is 9.94. The zero-order valence-corrected chi connectivity index (χ0v) is 19.0. The summed E-state index contributed by atoms with van der Waals surface area (Å²) in [5.41, 5.74) is 2.68. The van der Waals surface area contributed by atoms with Crippen molar-refractivity contribution in [1.29, 1.82) is 0 Å². The first kappa shape index (κ1) is 22.2. The van der Waals surface area contributed by atoms with Gasteiger partial charge < -0.3 is 14.8 Å². The van der Waals surface area contributed by atoms with Crippen LogP contribution in [0, 0.1) is 13.8 Å². The number of nitrogens with one attached hydrogen (secondary N) is 2. The predicted octanol–water partition coefficient (Wildman–Crippen LogP) is 2.22. The first-order valence-corrected chi connectivity index (χ1v) is 11.6. The lowest BCUT2D eigenvalue weighted by Crippen LogP contribution is -2.73. The van der Waals surface area contributed by atoms with Crippen molar-refractivity contribution in [3.8, 4) is 5.75 Å². The molecule has 0 aliphatic carbocycles. The SMILES string of the molecule is COC(=O)C1(NS(=O)(=O)c2ccc(OCc3cc(C)nc4c(C)cccc34)cc2)CNC1. The van der Waals surface area contributed by atoms with Crippen molar-refractivity contribution in [1.82, 2.24) is 15.0 Å². The number of esters is 1. The summed E-state index contributed by atoms with van der Waals surface area (Å²) in [5.74, 6) is -0.0814. The second kappa shape index (κ2) is 8.50. The van der Waals surface area contributed by atoms with Crippen molar-refractivity contribution >= 4 is 26.9 Å². The van der Waals surface area contributed by atoms with E-state index in [0.717, 1.165) is 27.7 Å². The van der Waals surface area contributed by atoms with E-state index in [1.807, 2.05) is 38.1 Å². The molecule has 4 rings (SSSR count). The Labute approximate surface area is 187 Å². The molecule has 168 valence electrons. The Kier molecular flexibility index (Phi) is 5.89. The van der Waals surface area contributed by atoms with Gasteiger partial charge in [0.25, 0.3) is 0 Å². The van der Waals surface area contributed by atoms with Crippen LogP contribution in [0.3, 0.4) is 0 Å². The van der Waals surface area contributed by atoms with E-state index in [0.29, 0.717) is 12.4 Å². The third kappa shape index (κ3) is 4.19. The number of methoxy groups -OCH3 is 1. The molecule has 1 fully saturated rings. The summed E-state index contributed by atoms with van der Waals surface area (Å²) >= 11 is 0. The molecule has 0 bridgehead atoms. The van der Waals surface area contributed by atoms with Crippen LogP contribution < -0.4 is 14.8 Å². The lowest BCUT2D eigenvalue weighted by molar-refractivity contribution is -0.149. The highest BCUT2D eigenvalue weighted by Crippen LogP contribution is 2.24. The number of benzene rings is 2. The number of hydrogen-bond acceptors (Lipinski definition) is 7. The summed E-state index contributed by atoms with van der Waals surface area (Å²) < 4.78 is 38.7. The van der Waals surface area contributed by atoms with Crippen molar-refractivity contribution in [3.63, 3.8) is 0 Å². The van der Waals surface area contributed by atoms with Crippen molar-refractivity contribution < 1.29 is 22.7 Å². The standard InChI is InChI=1S/C23H25N3O5S/c1-15-5-4-6-20-17(11-16(2)25-21(15)20)12-31-18-7-9-19(10-8-18)32(28,29)26-23(13-24-14-23)22(27)30-3/h4-11,24,26H,12-14H2,1-3H3. The average Bonchev–Trinajstić information content (AvgIpc) is 2.75. The van der Waals surface area contributed by atoms with E-state index in [-0.39, 0.29) is 18.0 Å². The normalized spacial score (nSPS) is 15.2. The number of para-hydroxylation sites is 1. The van der Waals surface area contributed by atoms with Gasteiger partial charge in [0.15, 0.2) is 5.54 Å². The number of fused-ring (bicyclic) bond motifs is 1. The van der Waals surface area contributed by atoms with Crippen LogP contribution in [0.4, 0.5) is 0 Å². The van der Waals surface area contributed by atoms with Gasteiger partial charge in [0, 0.05) is 29.7 Å². The zero-order valence-electron chi connectivity index (χ0n) is 18.1. The van der Waals surface area contributed by atoms with Crippen LogP contribution in [0.1, 0.15) is 16.8 Å². The number of rotatable bonds is 7. The van der Waals surface area contributed by atoms with Gasteiger partial charge in [-0.25, -0.2) is 13.2 Å². The molecule has 0 saturated carbocycles. The fourth-order valence-electron chi connectivity index (χ4n) is 3.75. The third-order valence-corrected chi connectivity index (χ3v) is 7.10. The summed E-state index contributed by atoms with van der Waals surface area (Å²) in [7, 11) is -2.68. The Morgan fingerprint density at radius 3 is 2.50 bits per heavy atom. The number of carbonyl (C=O) groups is 1. The first-order chi connectivity index (χ1) is 15.2. The maximum atomic E-state index is 12.8. The van der Waals surface area contributed by atoms with Crippen molar-refractivity contribution in [2.24, 2.45) is 0 Å². The highest BCUT2D eigenvalue weighted by atomic mass is 32.2. The Hall–Kier alpha value is -3.01. The minimum atomic E-state index is -3.91. The molecule has 2 heterocycles. The summed E-state index contributed by atoms with van der Waals surface area (Å²) in [6.07, 6.45) is 0. The van der Waals surface area contributed by atoms with Crippen LogP contribution in [0.2, 0.25) is 0 Å². The molecule has 1 aliphatic rings. The maximum Gasteiger partial charge on any atom is 0.329 e. The topological polar surface area (TPSA) is 107 Å². The maximum absolute atomic E-state index is 12.8. The summed E-state index contributed by atoms with van der Waals surface area (Å²) in [4.78, 5) is 16.7. The van der Waals surface area contributed by atoms with Gasteiger partial charge in [0.1, 0.15) is 12.4 Å². The molecule has 1 aliphatic heterocycles. The molecule has 3 aromatic rings. The molecule has 0 atom stereocenters. The van der Waals surface area contributed by atoms with E-state index in [4.69, 9.17) is 9.47 Å². The molecule has 9 heteroatoms.